The standard InChI is InChI=1S/C23H26N6OS/c1-31-17-4-6-19(27-13-17)20-7-5-18(25)23(28-20)22(30)11-15-12-26-9-8-21(15)29-10-2-3-16(24)14-29/h4-9,12-13,16H,2-3,10-11,14,24-25H2,1H3/t16-/m0/s1. The zero-order valence-electron chi connectivity index (χ0n) is 17.5. The van der Waals surface area contributed by atoms with E-state index in [0.29, 0.717) is 17.1 Å². The van der Waals surface area contributed by atoms with E-state index >= 15 is 0 Å². The Morgan fingerprint density at radius 2 is 2.03 bits per heavy atom. The van der Waals surface area contributed by atoms with Crippen LogP contribution in [0.4, 0.5) is 11.4 Å². The molecule has 1 saturated heterocycles. The van der Waals surface area contributed by atoms with E-state index in [0.717, 1.165) is 42.1 Å². The van der Waals surface area contributed by atoms with Gasteiger partial charge in [0.15, 0.2) is 5.78 Å². The van der Waals surface area contributed by atoms with Gasteiger partial charge in [-0.1, -0.05) is 0 Å². The summed E-state index contributed by atoms with van der Waals surface area (Å²) in [5, 5.41) is 0. The Hall–Kier alpha value is -2.97. The van der Waals surface area contributed by atoms with E-state index in [1.54, 1.807) is 42.5 Å². The molecule has 4 rings (SSSR count). The van der Waals surface area contributed by atoms with Crippen molar-refractivity contribution >= 4 is 28.9 Å². The molecule has 0 aromatic carbocycles. The van der Waals surface area contributed by atoms with Crippen molar-refractivity contribution in [2.75, 3.05) is 30.0 Å². The van der Waals surface area contributed by atoms with Crippen LogP contribution in [0, 0.1) is 0 Å². The molecule has 4 N–H and O–H groups in total. The minimum absolute atomic E-state index is 0.143. The van der Waals surface area contributed by atoms with Crippen molar-refractivity contribution in [3.63, 3.8) is 0 Å². The molecule has 3 aromatic rings. The van der Waals surface area contributed by atoms with Crippen molar-refractivity contribution in [1.29, 1.82) is 0 Å². The number of rotatable bonds is 6. The van der Waals surface area contributed by atoms with Gasteiger partial charge in [0, 0.05) is 60.3 Å². The summed E-state index contributed by atoms with van der Waals surface area (Å²) in [6, 6.07) is 9.48. The lowest BCUT2D eigenvalue weighted by Crippen LogP contribution is -2.43. The fourth-order valence-corrected chi connectivity index (χ4v) is 4.20. The molecule has 0 bridgehead atoms. The third kappa shape index (κ3) is 4.86. The van der Waals surface area contributed by atoms with Crippen molar-refractivity contribution in [3.05, 3.63) is 60.2 Å². The third-order valence-corrected chi connectivity index (χ3v) is 6.17. The molecular formula is C23H26N6OS. The number of thioether (sulfide) groups is 1. The Balaban J connectivity index is 1.59. The Morgan fingerprint density at radius 3 is 2.77 bits per heavy atom. The number of Topliss-reactive ketones (excluding diaryl/α,β-unsaturated/α-hetero) is 1. The summed E-state index contributed by atoms with van der Waals surface area (Å²) in [5.74, 6) is -0.143. The lowest BCUT2D eigenvalue weighted by Gasteiger charge is -2.33. The van der Waals surface area contributed by atoms with Crippen LogP contribution < -0.4 is 16.4 Å². The zero-order valence-corrected chi connectivity index (χ0v) is 18.3. The number of hydrogen-bond acceptors (Lipinski definition) is 8. The molecule has 3 aromatic heterocycles. The number of carbonyl (C=O) groups excluding carboxylic acids is 1. The second-order valence-electron chi connectivity index (χ2n) is 7.67. The number of anilines is 2. The van der Waals surface area contributed by atoms with Crippen molar-refractivity contribution in [3.8, 4) is 11.4 Å². The van der Waals surface area contributed by atoms with E-state index in [1.807, 2.05) is 24.5 Å². The van der Waals surface area contributed by atoms with Crippen molar-refractivity contribution in [2.24, 2.45) is 5.73 Å². The van der Waals surface area contributed by atoms with E-state index in [-0.39, 0.29) is 23.9 Å². The highest BCUT2D eigenvalue weighted by atomic mass is 32.2. The third-order valence-electron chi connectivity index (χ3n) is 5.45. The summed E-state index contributed by atoms with van der Waals surface area (Å²) in [6.07, 6.45) is 9.53. The van der Waals surface area contributed by atoms with Gasteiger partial charge in [0.1, 0.15) is 5.69 Å². The van der Waals surface area contributed by atoms with Crippen LogP contribution in [0.5, 0.6) is 0 Å². The largest absolute Gasteiger partial charge is 0.397 e. The number of hydrogen-bond donors (Lipinski definition) is 2. The van der Waals surface area contributed by atoms with Crippen molar-refractivity contribution in [1.82, 2.24) is 15.0 Å². The van der Waals surface area contributed by atoms with Gasteiger partial charge in [-0.2, -0.15) is 0 Å². The minimum atomic E-state index is -0.143. The number of nitrogen functional groups attached to an aromatic ring is 1. The molecule has 7 nitrogen and oxygen atoms in total. The summed E-state index contributed by atoms with van der Waals surface area (Å²) in [7, 11) is 0. The maximum atomic E-state index is 13.2. The number of carbonyl (C=O) groups is 1. The van der Waals surface area contributed by atoms with E-state index in [4.69, 9.17) is 11.5 Å². The van der Waals surface area contributed by atoms with Gasteiger partial charge in [-0.3, -0.25) is 14.8 Å². The number of nitrogens with zero attached hydrogens (tertiary/aromatic N) is 4. The van der Waals surface area contributed by atoms with E-state index in [9.17, 15) is 4.79 Å². The van der Waals surface area contributed by atoms with Crippen LogP contribution in [-0.4, -0.2) is 46.1 Å². The zero-order chi connectivity index (χ0) is 21.8. The predicted octanol–water partition coefficient (Wildman–Crippen LogP) is 3.20. The average Bonchev–Trinajstić information content (AvgIpc) is 2.80. The van der Waals surface area contributed by atoms with Crippen LogP contribution in [0.15, 0.2) is 53.8 Å². The van der Waals surface area contributed by atoms with E-state index in [1.165, 1.54) is 0 Å². The van der Waals surface area contributed by atoms with Gasteiger partial charge in [0.2, 0.25) is 0 Å². The topological polar surface area (TPSA) is 111 Å². The van der Waals surface area contributed by atoms with Crippen LogP contribution in [0.25, 0.3) is 11.4 Å². The molecule has 8 heteroatoms. The number of aromatic nitrogens is 3. The highest BCUT2D eigenvalue weighted by molar-refractivity contribution is 7.98. The van der Waals surface area contributed by atoms with Gasteiger partial charge in [0.25, 0.3) is 0 Å². The molecule has 31 heavy (non-hydrogen) atoms. The second-order valence-corrected chi connectivity index (χ2v) is 8.55. The first-order chi connectivity index (χ1) is 15.0. The maximum absolute atomic E-state index is 13.2. The first-order valence-electron chi connectivity index (χ1n) is 10.3. The highest BCUT2D eigenvalue weighted by Gasteiger charge is 2.22. The second kappa shape index (κ2) is 9.45. The first-order valence-corrected chi connectivity index (χ1v) is 11.5. The fourth-order valence-electron chi connectivity index (χ4n) is 3.84. The summed E-state index contributed by atoms with van der Waals surface area (Å²) < 4.78 is 0. The van der Waals surface area contributed by atoms with Gasteiger partial charge < -0.3 is 16.4 Å². The summed E-state index contributed by atoms with van der Waals surface area (Å²) in [6.45, 7) is 1.70. The molecule has 160 valence electrons. The first kappa shape index (κ1) is 21.3. The lowest BCUT2D eigenvalue weighted by atomic mass is 10.0. The summed E-state index contributed by atoms with van der Waals surface area (Å²) in [5.41, 5.74) is 16.1. The number of pyridine rings is 3. The quantitative estimate of drug-likeness (QED) is 0.449. The van der Waals surface area contributed by atoms with Gasteiger partial charge >= 0.3 is 0 Å². The van der Waals surface area contributed by atoms with E-state index in [2.05, 4.69) is 19.9 Å². The van der Waals surface area contributed by atoms with Gasteiger partial charge in [-0.05, 0) is 49.4 Å². The van der Waals surface area contributed by atoms with E-state index < -0.39 is 0 Å². The highest BCUT2D eigenvalue weighted by Crippen LogP contribution is 2.26. The van der Waals surface area contributed by atoms with Crippen LogP contribution in [0.2, 0.25) is 0 Å². The number of nitrogens with two attached hydrogens (primary N) is 2. The summed E-state index contributed by atoms with van der Waals surface area (Å²) >= 11 is 1.62. The van der Waals surface area contributed by atoms with Crippen molar-refractivity contribution < 1.29 is 4.79 Å². The molecule has 0 saturated carbocycles. The molecule has 1 aliphatic rings. The van der Waals surface area contributed by atoms with Gasteiger partial charge in [0.05, 0.1) is 17.1 Å². The lowest BCUT2D eigenvalue weighted by molar-refractivity contribution is 0.0989. The predicted molar refractivity (Wildman–Crippen MR) is 125 cm³/mol. The molecule has 0 radical (unpaired) electrons. The smallest absolute Gasteiger partial charge is 0.187 e. The van der Waals surface area contributed by atoms with Crippen molar-refractivity contribution in [2.45, 2.75) is 30.2 Å². The minimum Gasteiger partial charge on any atom is -0.397 e. The van der Waals surface area contributed by atoms with Crippen LogP contribution in [-0.2, 0) is 6.42 Å². The normalized spacial score (nSPS) is 16.3. The Kier molecular flexibility index (Phi) is 6.48. The van der Waals surface area contributed by atoms with Crippen LogP contribution >= 0.6 is 11.8 Å². The molecular weight excluding hydrogens is 408 g/mol. The Labute approximate surface area is 186 Å². The monoisotopic (exact) mass is 434 g/mol. The van der Waals surface area contributed by atoms with Gasteiger partial charge in [-0.25, -0.2) is 4.98 Å². The molecule has 4 heterocycles. The maximum Gasteiger partial charge on any atom is 0.187 e. The molecule has 1 aliphatic heterocycles. The molecule has 0 aliphatic carbocycles. The molecule has 0 unspecified atom stereocenters. The Morgan fingerprint density at radius 1 is 1.19 bits per heavy atom. The number of piperidine rings is 1. The Bertz CT molecular complexity index is 1070. The van der Waals surface area contributed by atoms with Gasteiger partial charge in [-0.15, -0.1) is 11.8 Å². The number of ketones is 1. The SMILES string of the molecule is CSc1ccc(-c2ccc(N)c(C(=O)Cc3cnccc3N3CCC[C@H](N)C3)n2)nc1. The summed E-state index contributed by atoms with van der Waals surface area (Å²) in [4.78, 5) is 29.7. The fraction of sp³-hybridized carbons (Fsp3) is 0.304. The molecule has 1 fully saturated rings. The van der Waals surface area contributed by atoms with Crippen LogP contribution in [0.1, 0.15) is 28.9 Å². The molecule has 0 amide bonds. The molecule has 1 atom stereocenters. The average molecular weight is 435 g/mol. The molecule has 0 spiro atoms. The van der Waals surface area contributed by atoms with Crippen LogP contribution in [0.3, 0.4) is 0 Å².